The largest absolute Gasteiger partial charge is 0.483 e. The summed E-state index contributed by atoms with van der Waals surface area (Å²) in [5, 5.41) is 21.2. The van der Waals surface area contributed by atoms with Crippen LogP contribution in [-0.4, -0.2) is 88.0 Å². The Kier molecular flexibility index (Phi) is 9.09. The van der Waals surface area contributed by atoms with Crippen molar-refractivity contribution in [3.8, 4) is 0 Å². The summed E-state index contributed by atoms with van der Waals surface area (Å²) in [5.74, 6) is 0.924. The lowest BCUT2D eigenvalue weighted by Crippen LogP contribution is -2.69. The Morgan fingerprint density at radius 2 is 2.07 bits per heavy atom. The Morgan fingerprint density at radius 1 is 1.40 bits per heavy atom. The normalized spacial score (nSPS) is 25.8. The molecule has 3 heterocycles. The van der Waals surface area contributed by atoms with Crippen molar-refractivity contribution >= 4 is 24.1 Å². The summed E-state index contributed by atoms with van der Waals surface area (Å²) in [6, 6.07) is 3.59. The fourth-order valence-electron chi connectivity index (χ4n) is 4.12. The lowest BCUT2D eigenvalue weighted by atomic mass is 9.73. The quantitative estimate of drug-likeness (QED) is 0.593. The average Bonchev–Trinajstić information content (AvgIpc) is 2.73. The van der Waals surface area contributed by atoms with E-state index < -0.39 is 17.2 Å². The highest BCUT2D eigenvalue weighted by molar-refractivity contribution is 7.98. The van der Waals surface area contributed by atoms with E-state index in [2.05, 4.69) is 21.5 Å². The van der Waals surface area contributed by atoms with Crippen molar-refractivity contribution in [2.24, 2.45) is 0 Å². The van der Waals surface area contributed by atoms with Gasteiger partial charge in [-0.3, -0.25) is 14.6 Å². The molecule has 0 unspecified atom stereocenters. The predicted octanol–water partition coefficient (Wildman–Crippen LogP) is 1.56. The number of hydrogen-bond donors (Lipinski definition) is 3. The molecule has 2 aliphatic rings. The van der Waals surface area contributed by atoms with Crippen LogP contribution >= 0.6 is 11.8 Å². The second kappa shape index (κ2) is 11.1. The number of carboxylic acid groups (broad SMARTS) is 1. The zero-order valence-corrected chi connectivity index (χ0v) is 18.8. The van der Waals surface area contributed by atoms with Crippen LogP contribution in [0.15, 0.2) is 18.3 Å². The van der Waals surface area contributed by atoms with Crippen LogP contribution in [-0.2, 0) is 9.53 Å². The van der Waals surface area contributed by atoms with Crippen LogP contribution in [0.3, 0.4) is 0 Å². The first kappa shape index (κ1) is 24.6. The fraction of sp³-hybridized carbons (Fsp3) is 0.667. The molecule has 2 atom stereocenters. The van der Waals surface area contributed by atoms with Gasteiger partial charge in [0, 0.05) is 43.9 Å². The Balaban J connectivity index is 0.00000101. The monoisotopic (exact) mass is 439 g/mol. The van der Waals surface area contributed by atoms with E-state index in [1.54, 1.807) is 12.3 Å². The highest BCUT2D eigenvalue weighted by atomic mass is 32.2. The van der Waals surface area contributed by atoms with E-state index in [-0.39, 0.29) is 12.4 Å². The molecule has 3 N–H and O–H groups in total. The number of aliphatic hydroxyl groups is 1. The second-order valence-corrected chi connectivity index (χ2v) is 9.05. The van der Waals surface area contributed by atoms with Crippen molar-refractivity contribution in [3.05, 3.63) is 29.6 Å². The number of carbonyl (C=O) groups excluding carboxylic acids is 1. The van der Waals surface area contributed by atoms with E-state index in [4.69, 9.17) is 14.6 Å². The summed E-state index contributed by atoms with van der Waals surface area (Å²) < 4.78 is 6.12. The molecule has 8 nitrogen and oxygen atoms in total. The molecule has 0 aromatic carbocycles. The van der Waals surface area contributed by atoms with E-state index in [0.717, 1.165) is 43.9 Å². The van der Waals surface area contributed by atoms with Gasteiger partial charge in [0.1, 0.15) is 6.10 Å². The standard InChI is InChI=1S/C20H31N3O3S.CH2O2/c1-15-4-5-16(14-21-15)17(24)22-19(2)8-12-26-20(18(19)25)6-9-23(10-7-20)11-13-27-3;2-1-3/h4-5,14,18,25H,6-13H2,1-3H3,(H,22,24);1H,(H,2,3)/t18-,19+;/m1./s1. The van der Waals surface area contributed by atoms with E-state index >= 15 is 0 Å². The van der Waals surface area contributed by atoms with Gasteiger partial charge in [-0.1, -0.05) is 0 Å². The third-order valence-corrected chi connectivity index (χ3v) is 6.59. The molecule has 9 heteroatoms. The number of amides is 1. The van der Waals surface area contributed by atoms with E-state index in [9.17, 15) is 9.90 Å². The lowest BCUT2D eigenvalue weighted by molar-refractivity contribution is -0.205. The third-order valence-electron chi connectivity index (χ3n) is 6.00. The average molecular weight is 440 g/mol. The molecule has 1 aromatic heterocycles. The Hall–Kier alpha value is -1.68. The Bertz CT molecular complexity index is 694. The minimum absolute atomic E-state index is 0.196. The van der Waals surface area contributed by atoms with Crippen molar-refractivity contribution in [2.45, 2.75) is 50.4 Å². The molecule has 30 heavy (non-hydrogen) atoms. The Morgan fingerprint density at radius 3 is 2.63 bits per heavy atom. The summed E-state index contributed by atoms with van der Waals surface area (Å²) in [5.41, 5.74) is 0.112. The molecular formula is C21H33N3O5S. The number of aromatic nitrogens is 1. The molecule has 2 fully saturated rings. The van der Waals surface area contributed by atoms with Gasteiger partial charge in [0.05, 0.1) is 16.7 Å². The van der Waals surface area contributed by atoms with Crippen LogP contribution in [0.4, 0.5) is 0 Å². The fourth-order valence-corrected chi connectivity index (χ4v) is 4.56. The number of ether oxygens (including phenoxy) is 1. The molecule has 0 radical (unpaired) electrons. The smallest absolute Gasteiger partial charge is 0.290 e. The van der Waals surface area contributed by atoms with Crippen molar-refractivity contribution < 1.29 is 24.5 Å². The zero-order valence-electron chi connectivity index (χ0n) is 18.0. The Labute approximate surface area is 182 Å². The summed E-state index contributed by atoms with van der Waals surface area (Å²) in [4.78, 5) is 27.7. The van der Waals surface area contributed by atoms with Crippen molar-refractivity contribution in [1.29, 1.82) is 0 Å². The zero-order chi connectivity index (χ0) is 22.2. The maximum Gasteiger partial charge on any atom is 0.290 e. The van der Waals surface area contributed by atoms with Gasteiger partial charge in [-0.15, -0.1) is 0 Å². The number of aryl methyl sites for hydroxylation is 1. The van der Waals surface area contributed by atoms with Gasteiger partial charge >= 0.3 is 0 Å². The van der Waals surface area contributed by atoms with Crippen LogP contribution in [0, 0.1) is 6.92 Å². The number of pyridine rings is 1. The maximum atomic E-state index is 12.7. The van der Waals surface area contributed by atoms with Gasteiger partial charge in [-0.05, 0) is 51.5 Å². The highest BCUT2D eigenvalue weighted by Crippen LogP contribution is 2.40. The van der Waals surface area contributed by atoms with Gasteiger partial charge in [0.2, 0.25) is 0 Å². The molecule has 1 aromatic rings. The number of rotatable bonds is 5. The van der Waals surface area contributed by atoms with Crippen LogP contribution < -0.4 is 5.32 Å². The molecule has 0 bridgehead atoms. The highest BCUT2D eigenvalue weighted by Gasteiger charge is 2.53. The molecule has 1 spiro atoms. The van der Waals surface area contributed by atoms with E-state index in [0.29, 0.717) is 18.6 Å². The summed E-state index contributed by atoms with van der Waals surface area (Å²) in [6.07, 6.45) is 5.15. The molecule has 2 saturated heterocycles. The molecule has 2 aliphatic heterocycles. The van der Waals surface area contributed by atoms with Gasteiger partial charge in [0.15, 0.2) is 0 Å². The minimum Gasteiger partial charge on any atom is -0.483 e. The van der Waals surface area contributed by atoms with Crippen LogP contribution in [0.5, 0.6) is 0 Å². The van der Waals surface area contributed by atoms with E-state index in [1.165, 1.54) is 0 Å². The van der Waals surface area contributed by atoms with Crippen LogP contribution in [0.2, 0.25) is 0 Å². The van der Waals surface area contributed by atoms with Gasteiger partial charge < -0.3 is 25.2 Å². The van der Waals surface area contributed by atoms with Crippen LogP contribution in [0.1, 0.15) is 42.2 Å². The number of likely N-dealkylation sites (tertiary alicyclic amines) is 1. The lowest BCUT2D eigenvalue weighted by Gasteiger charge is -2.53. The van der Waals surface area contributed by atoms with Gasteiger partial charge in [0.25, 0.3) is 12.4 Å². The SMILES string of the molecule is CSCCN1CCC2(CC1)OCC[C@](C)(NC(=O)c1ccc(C)nc1)[C@H]2O.O=CO. The number of nitrogens with one attached hydrogen (secondary N) is 1. The van der Waals surface area contributed by atoms with Crippen molar-refractivity contribution in [1.82, 2.24) is 15.2 Å². The van der Waals surface area contributed by atoms with Crippen molar-refractivity contribution in [2.75, 3.05) is 38.2 Å². The molecule has 3 rings (SSSR count). The molecule has 0 aliphatic carbocycles. The third kappa shape index (κ3) is 5.94. The first-order valence-corrected chi connectivity index (χ1v) is 11.6. The number of nitrogens with zero attached hydrogens (tertiary/aromatic N) is 2. The van der Waals surface area contributed by atoms with Crippen LogP contribution in [0.25, 0.3) is 0 Å². The first-order chi connectivity index (χ1) is 14.3. The molecule has 168 valence electrons. The summed E-state index contributed by atoms with van der Waals surface area (Å²) in [6.45, 7) is 7.03. The topological polar surface area (TPSA) is 112 Å². The van der Waals surface area contributed by atoms with Gasteiger partial charge in [-0.25, -0.2) is 0 Å². The molecule has 0 saturated carbocycles. The number of piperidine rings is 1. The number of aliphatic hydroxyl groups excluding tert-OH is 1. The maximum absolute atomic E-state index is 12.7. The number of thioether (sulfide) groups is 1. The number of carbonyl (C=O) groups is 2. The molecular weight excluding hydrogens is 406 g/mol. The number of hydrogen-bond acceptors (Lipinski definition) is 7. The predicted molar refractivity (Wildman–Crippen MR) is 117 cm³/mol. The summed E-state index contributed by atoms with van der Waals surface area (Å²) >= 11 is 1.85. The summed E-state index contributed by atoms with van der Waals surface area (Å²) in [7, 11) is 0. The van der Waals surface area contributed by atoms with E-state index in [1.807, 2.05) is 31.7 Å². The second-order valence-electron chi connectivity index (χ2n) is 8.07. The minimum atomic E-state index is -0.733. The van der Waals surface area contributed by atoms with Crippen molar-refractivity contribution in [3.63, 3.8) is 0 Å². The van der Waals surface area contributed by atoms with Gasteiger partial charge in [-0.2, -0.15) is 11.8 Å². The first-order valence-electron chi connectivity index (χ1n) is 10.2. The molecule has 1 amide bonds.